The molecule has 0 saturated carbocycles. The molecular formula is C15H15BrN2O3. The van der Waals surface area contributed by atoms with Gasteiger partial charge in [0.05, 0.1) is 26.0 Å². The number of carbonyl (C=O) groups is 1. The first kappa shape index (κ1) is 15.3. The van der Waals surface area contributed by atoms with Gasteiger partial charge in [0.15, 0.2) is 17.3 Å². The van der Waals surface area contributed by atoms with Gasteiger partial charge in [0.1, 0.15) is 0 Å². The minimum atomic E-state index is -0.107. The lowest BCUT2D eigenvalue weighted by molar-refractivity contribution is 0.104. The van der Waals surface area contributed by atoms with Gasteiger partial charge in [-0.3, -0.25) is 9.48 Å². The van der Waals surface area contributed by atoms with Crippen LogP contribution in [0.5, 0.6) is 11.5 Å². The molecule has 1 aromatic carbocycles. The Morgan fingerprint density at radius 1 is 1.29 bits per heavy atom. The second-order valence-corrected chi connectivity index (χ2v) is 5.18. The van der Waals surface area contributed by atoms with Crippen molar-refractivity contribution in [3.8, 4) is 11.5 Å². The maximum Gasteiger partial charge on any atom is 0.189 e. The zero-order chi connectivity index (χ0) is 15.4. The van der Waals surface area contributed by atoms with Crippen LogP contribution in [-0.2, 0) is 7.05 Å². The largest absolute Gasteiger partial charge is 0.493 e. The summed E-state index contributed by atoms with van der Waals surface area (Å²) in [6.45, 7) is 0. The van der Waals surface area contributed by atoms with Gasteiger partial charge in [-0.25, -0.2) is 0 Å². The molecule has 0 aliphatic rings. The number of ketones is 1. The smallest absolute Gasteiger partial charge is 0.189 e. The predicted molar refractivity (Wildman–Crippen MR) is 83.8 cm³/mol. The first-order chi connectivity index (χ1) is 10.0. The Hall–Kier alpha value is -2.08. The van der Waals surface area contributed by atoms with Crippen molar-refractivity contribution in [3.63, 3.8) is 0 Å². The number of methoxy groups -OCH3 is 2. The van der Waals surface area contributed by atoms with Crippen LogP contribution in [-0.4, -0.2) is 29.8 Å². The van der Waals surface area contributed by atoms with Gasteiger partial charge in [0.2, 0.25) is 0 Å². The molecule has 0 aliphatic heterocycles. The highest BCUT2D eigenvalue weighted by Crippen LogP contribution is 2.33. The Labute approximate surface area is 131 Å². The standard InChI is InChI=1S/C15H15BrN2O3/c1-18-9-11(8-17-18)13(19)5-4-10-6-14(20-2)15(21-3)7-12(10)16/h4-9H,1-3H3. The average Bonchev–Trinajstić information content (AvgIpc) is 2.91. The highest BCUT2D eigenvalue weighted by molar-refractivity contribution is 9.10. The predicted octanol–water partition coefficient (Wildman–Crippen LogP) is 3.10. The molecule has 2 aromatic rings. The molecule has 0 aliphatic carbocycles. The normalized spacial score (nSPS) is 10.9. The monoisotopic (exact) mass is 350 g/mol. The quantitative estimate of drug-likeness (QED) is 0.614. The van der Waals surface area contributed by atoms with Gasteiger partial charge in [-0.15, -0.1) is 0 Å². The Bertz CT molecular complexity index is 692. The Morgan fingerprint density at radius 2 is 1.95 bits per heavy atom. The SMILES string of the molecule is COc1cc(Br)c(C=CC(=O)c2cnn(C)c2)cc1OC. The average molecular weight is 351 g/mol. The number of allylic oxidation sites excluding steroid dienone is 1. The molecule has 0 saturated heterocycles. The summed E-state index contributed by atoms with van der Waals surface area (Å²) in [5.74, 6) is 1.12. The number of halogens is 1. The van der Waals surface area contributed by atoms with E-state index in [1.807, 2.05) is 0 Å². The second-order valence-electron chi connectivity index (χ2n) is 4.33. The van der Waals surface area contributed by atoms with Crippen molar-refractivity contribution in [1.82, 2.24) is 9.78 Å². The molecule has 0 radical (unpaired) electrons. The number of rotatable bonds is 5. The van der Waals surface area contributed by atoms with Crippen LogP contribution in [0.15, 0.2) is 35.1 Å². The van der Waals surface area contributed by atoms with Gasteiger partial charge in [0.25, 0.3) is 0 Å². The van der Waals surface area contributed by atoms with Crippen LogP contribution in [0.4, 0.5) is 0 Å². The highest BCUT2D eigenvalue weighted by Gasteiger charge is 2.09. The lowest BCUT2D eigenvalue weighted by atomic mass is 10.1. The first-order valence-corrected chi connectivity index (χ1v) is 6.97. The van der Waals surface area contributed by atoms with Gasteiger partial charge in [-0.05, 0) is 29.8 Å². The lowest BCUT2D eigenvalue weighted by Gasteiger charge is -2.09. The maximum absolute atomic E-state index is 12.0. The zero-order valence-electron chi connectivity index (χ0n) is 12.0. The molecule has 0 atom stereocenters. The topological polar surface area (TPSA) is 53.3 Å². The van der Waals surface area contributed by atoms with E-state index in [0.29, 0.717) is 17.1 Å². The third-order valence-corrected chi connectivity index (χ3v) is 3.59. The number of hydrogen-bond acceptors (Lipinski definition) is 4. The molecule has 1 heterocycles. The van der Waals surface area contributed by atoms with Crippen molar-refractivity contribution >= 4 is 27.8 Å². The van der Waals surface area contributed by atoms with Crippen LogP contribution >= 0.6 is 15.9 Å². The zero-order valence-corrected chi connectivity index (χ0v) is 13.5. The van der Waals surface area contributed by atoms with E-state index in [4.69, 9.17) is 9.47 Å². The molecule has 110 valence electrons. The molecule has 1 aromatic heterocycles. The molecule has 5 nitrogen and oxygen atoms in total. The molecule has 0 unspecified atom stereocenters. The maximum atomic E-state index is 12.0. The summed E-state index contributed by atoms with van der Waals surface area (Å²) in [5.41, 5.74) is 1.37. The van der Waals surface area contributed by atoms with Crippen LogP contribution < -0.4 is 9.47 Å². The third-order valence-electron chi connectivity index (χ3n) is 2.91. The fourth-order valence-corrected chi connectivity index (χ4v) is 2.26. The molecular weight excluding hydrogens is 336 g/mol. The van der Waals surface area contributed by atoms with Crippen molar-refractivity contribution in [2.75, 3.05) is 14.2 Å². The summed E-state index contributed by atoms with van der Waals surface area (Å²) in [4.78, 5) is 12.0. The number of nitrogens with zero attached hydrogens (tertiary/aromatic N) is 2. The lowest BCUT2D eigenvalue weighted by Crippen LogP contribution is -1.94. The van der Waals surface area contributed by atoms with E-state index >= 15 is 0 Å². The van der Waals surface area contributed by atoms with E-state index in [2.05, 4.69) is 21.0 Å². The van der Waals surface area contributed by atoms with Crippen LogP contribution in [0.3, 0.4) is 0 Å². The molecule has 0 amide bonds. The van der Waals surface area contributed by atoms with Crippen LogP contribution in [0, 0.1) is 0 Å². The summed E-state index contributed by atoms with van der Waals surface area (Å²) < 4.78 is 12.9. The summed E-state index contributed by atoms with van der Waals surface area (Å²) >= 11 is 3.45. The van der Waals surface area contributed by atoms with Crippen molar-refractivity contribution < 1.29 is 14.3 Å². The number of aryl methyl sites for hydroxylation is 1. The Kier molecular flexibility index (Phi) is 4.80. The molecule has 0 spiro atoms. The number of ether oxygens (including phenoxy) is 2. The number of carbonyl (C=O) groups excluding carboxylic acids is 1. The van der Waals surface area contributed by atoms with E-state index in [9.17, 15) is 4.79 Å². The second kappa shape index (κ2) is 6.58. The van der Waals surface area contributed by atoms with Crippen molar-refractivity contribution in [3.05, 3.63) is 46.2 Å². The van der Waals surface area contributed by atoms with Crippen LogP contribution in [0.25, 0.3) is 6.08 Å². The van der Waals surface area contributed by atoms with Gasteiger partial charge in [-0.2, -0.15) is 5.10 Å². The molecule has 6 heteroatoms. The number of hydrogen-bond donors (Lipinski definition) is 0. The fourth-order valence-electron chi connectivity index (χ4n) is 1.81. The van der Waals surface area contributed by atoms with Crippen molar-refractivity contribution in [2.24, 2.45) is 7.05 Å². The van der Waals surface area contributed by atoms with E-state index < -0.39 is 0 Å². The molecule has 0 fully saturated rings. The summed E-state index contributed by atoms with van der Waals surface area (Å²) in [6.07, 6.45) is 6.44. The van der Waals surface area contributed by atoms with E-state index in [1.54, 1.807) is 50.4 Å². The van der Waals surface area contributed by atoms with E-state index in [-0.39, 0.29) is 5.78 Å². The summed E-state index contributed by atoms with van der Waals surface area (Å²) in [7, 11) is 4.91. The Morgan fingerprint density at radius 3 is 2.52 bits per heavy atom. The van der Waals surface area contributed by atoms with E-state index in [0.717, 1.165) is 10.0 Å². The fraction of sp³-hybridized carbons (Fsp3) is 0.200. The summed E-state index contributed by atoms with van der Waals surface area (Å²) in [5, 5.41) is 3.98. The Balaban J connectivity index is 2.26. The highest BCUT2D eigenvalue weighted by atomic mass is 79.9. The minimum absolute atomic E-state index is 0.107. The van der Waals surface area contributed by atoms with Gasteiger partial charge in [-0.1, -0.05) is 15.9 Å². The summed E-state index contributed by atoms with van der Waals surface area (Å²) in [6, 6.07) is 3.60. The number of benzene rings is 1. The number of aromatic nitrogens is 2. The molecule has 2 rings (SSSR count). The van der Waals surface area contributed by atoms with Gasteiger partial charge in [0, 0.05) is 17.7 Å². The molecule has 0 N–H and O–H groups in total. The molecule has 0 bridgehead atoms. The van der Waals surface area contributed by atoms with Crippen LogP contribution in [0.2, 0.25) is 0 Å². The van der Waals surface area contributed by atoms with Crippen LogP contribution in [0.1, 0.15) is 15.9 Å². The third kappa shape index (κ3) is 3.52. The van der Waals surface area contributed by atoms with Gasteiger partial charge >= 0.3 is 0 Å². The van der Waals surface area contributed by atoms with Gasteiger partial charge < -0.3 is 9.47 Å². The molecule has 21 heavy (non-hydrogen) atoms. The van der Waals surface area contributed by atoms with E-state index in [1.165, 1.54) is 12.3 Å². The van der Waals surface area contributed by atoms with Crippen molar-refractivity contribution in [1.29, 1.82) is 0 Å². The van der Waals surface area contributed by atoms with Crippen molar-refractivity contribution in [2.45, 2.75) is 0 Å². The first-order valence-electron chi connectivity index (χ1n) is 6.17. The minimum Gasteiger partial charge on any atom is -0.493 e.